The molecule has 13 rings (SSSR count). The lowest BCUT2D eigenvalue weighted by Gasteiger charge is -2.11. The van der Waals surface area contributed by atoms with Crippen LogP contribution in [0.25, 0.3) is 125 Å². The van der Waals surface area contributed by atoms with E-state index in [0.29, 0.717) is 5.95 Å². The molecule has 260 valence electrons. The monoisotopic (exact) mass is 733 g/mol. The summed E-state index contributed by atoms with van der Waals surface area (Å²) in [5.74, 6) is 0.592. The van der Waals surface area contributed by atoms with E-state index in [9.17, 15) is 0 Å². The smallest absolute Gasteiger partial charge is 0.236 e. The van der Waals surface area contributed by atoms with Crippen LogP contribution in [-0.4, -0.2) is 14.5 Å². The molecule has 0 aliphatic heterocycles. The van der Waals surface area contributed by atoms with Crippen molar-refractivity contribution in [2.24, 2.45) is 0 Å². The third kappa shape index (κ3) is 4.08. The number of furan rings is 2. The minimum absolute atomic E-state index is 0.592. The van der Waals surface area contributed by atoms with Crippen LogP contribution in [0, 0.1) is 0 Å². The predicted octanol–water partition coefficient (Wildman–Crippen LogP) is 14.2. The summed E-state index contributed by atoms with van der Waals surface area (Å²) in [6.07, 6.45) is 0. The molecule has 0 aliphatic rings. The zero-order valence-corrected chi connectivity index (χ0v) is 30.5. The standard InChI is InChI=1S/C50H27N3O2S/c1-2-12-28(13-3-1)29-23-25-40-37(26-29)44-34-16-5-4-15-33(34)43-35-17-6-9-19-38(35)53(47(43)48(44)55-40)50-51-45(49-46(52-50)36-18-8-11-21-42(36)56-49)30-22-24-32-31-14-7-10-20-39(31)54-41(32)27-30/h1-27H. The van der Waals surface area contributed by atoms with Gasteiger partial charge in [-0.15, -0.1) is 11.3 Å². The Hall–Kier alpha value is -7.28. The molecule has 0 N–H and O–H groups in total. The number of aromatic nitrogens is 3. The molecule has 0 radical (unpaired) electrons. The molecule has 0 fully saturated rings. The summed E-state index contributed by atoms with van der Waals surface area (Å²) in [7, 11) is 0. The molecule has 0 atom stereocenters. The number of para-hydroxylation sites is 2. The first-order valence-corrected chi connectivity index (χ1v) is 19.6. The number of rotatable bonds is 3. The van der Waals surface area contributed by atoms with Crippen LogP contribution in [0.15, 0.2) is 173 Å². The second-order valence-corrected chi connectivity index (χ2v) is 15.5. The van der Waals surface area contributed by atoms with Gasteiger partial charge in [-0.3, -0.25) is 4.57 Å². The molecular formula is C50H27N3O2S. The molecule has 0 unspecified atom stereocenters. The van der Waals surface area contributed by atoms with E-state index >= 15 is 0 Å². The van der Waals surface area contributed by atoms with Crippen molar-refractivity contribution in [3.8, 4) is 28.3 Å². The molecule has 5 heterocycles. The first kappa shape index (κ1) is 30.1. The lowest BCUT2D eigenvalue weighted by Crippen LogP contribution is -2.03. The van der Waals surface area contributed by atoms with Crippen LogP contribution >= 0.6 is 11.3 Å². The van der Waals surface area contributed by atoms with Crippen LogP contribution in [-0.2, 0) is 0 Å². The Morgan fingerprint density at radius 3 is 2.00 bits per heavy atom. The van der Waals surface area contributed by atoms with E-state index in [4.69, 9.17) is 18.8 Å². The number of fused-ring (bicyclic) bond motifs is 16. The minimum atomic E-state index is 0.592. The van der Waals surface area contributed by atoms with E-state index in [1.165, 1.54) is 10.3 Å². The van der Waals surface area contributed by atoms with E-state index in [1.54, 1.807) is 11.3 Å². The average Bonchev–Trinajstić information content (AvgIpc) is 4.02. The normalized spacial score (nSPS) is 12.3. The summed E-state index contributed by atoms with van der Waals surface area (Å²) in [6.45, 7) is 0. The highest BCUT2D eigenvalue weighted by atomic mass is 32.1. The Kier molecular flexibility index (Phi) is 5.98. The minimum Gasteiger partial charge on any atom is -0.456 e. The van der Waals surface area contributed by atoms with Gasteiger partial charge in [0.15, 0.2) is 5.58 Å². The maximum atomic E-state index is 7.00. The average molecular weight is 734 g/mol. The summed E-state index contributed by atoms with van der Waals surface area (Å²) >= 11 is 1.73. The highest BCUT2D eigenvalue weighted by Crippen LogP contribution is 2.47. The van der Waals surface area contributed by atoms with Crippen LogP contribution in [0.2, 0.25) is 0 Å². The third-order valence-corrected chi connectivity index (χ3v) is 12.6. The molecule has 0 spiro atoms. The van der Waals surface area contributed by atoms with Crippen LogP contribution in [0.4, 0.5) is 0 Å². The Morgan fingerprint density at radius 1 is 0.446 bits per heavy atom. The highest BCUT2D eigenvalue weighted by molar-refractivity contribution is 7.26. The molecule has 8 aromatic carbocycles. The van der Waals surface area contributed by atoms with E-state index in [0.717, 1.165) is 109 Å². The fraction of sp³-hybridized carbons (Fsp3) is 0. The topological polar surface area (TPSA) is 57.0 Å². The van der Waals surface area contributed by atoms with Crippen molar-refractivity contribution in [1.29, 1.82) is 0 Å². The Labute approximate surface area is 322 Å². The summed E-state index contributed by atoms with van der Waals surface area (Å²) in [5, 5.41) is 10.0. The van der Waals surface area contributed by atoms with Crippen molar-refractivity contribution in [3.63, 3.8) is 0 Å². The number of benzene rings is 8. The van der Waals surface area contributed by atoms with Crippen LogP contribution in [0.5, 0.6) is 0 Å². The largest absolute Gasteiger partial charge is 0.456 e. The van der Waals surface area contributed by atoms with Crippen molar-refractivity contribution in [2.75, 3.05) is 0 Å². The fourth-order valence-corrected chi connectivity index (χ4v) is 10.1. The van der Waals surface area contributed by atoms with Gasteiger partial charge in [-0.05, 0) is 64.4 Å². The van der Waals surface area contributed by atoms with E-state index in [1.807, 2.05) is 12.1 Å². The zero-order chi connectivity index (χ0) is 36.5. The van der Waals surface area contributed by atoms with E-state index in [2.05, 4.69) is 156 Å². The van der Waals surface area contributed by atoms with Crippen LogP contribution in [0.1, 0.15) is 0 Å². The van der Waals surface area contributed by atoms with Gasteiger partial charge in [-0.2, -0.15) is 0 Å². The van der Waals surface area contributed by atoms with Crippen molar-refractivity contribution in [1.82, 2.24) is 14.5 Å². The van der Waals surface area contributed by atoms with Crippen molar-refractivity contribution in [2.45, 2.75) is 0 Å². The number of hydrogen-bond donors (Lipinski definition) is 0. The molecule has 13 aromatic rings. The number of nitrogens with zero attached hydrogens (tertiary/aromatic N) is 3. The van der Waals surface area contributed by atoms with Gasteiger partial charge in [0, 0.05) is 48.0 Å². The second kappa shape index (κ2) is 11.1. The second-order valence-electron chi connectivity index (χ2n) is 14.5. The predicted molar refractivity (Wildman–Crippen MR) is 232 cm³/mol. The van der Waals surface area contributed by atoms with Gasteiger partial charge in [0.25, 0.3) is 0 Å². The Morgan fingerprint density at radius 2 is 1.12 bits per heavy atom. The lowest BCUT2D eigenvalue weighted by molar-refractivity contribution is 0.669. The summed E-state index contributed by atoms with van der Waals surface area (Å²) in [4.78, 5) is 11.0. The van der Waals surface area contributed by atoms with Crippen LogP contribution in [0.3, 0.4) is 0 Å². The quantitative estimate of drug-likeness (QED) is 0.181. The maximum Gasteiger partial charge on any atom is 0.236 e. The molecule has 0 aliphatic carbocycles. The third-order valence-electron chi connectivity index (χ3n) is 11.4. The molecule has 5 nitrogen and oxygen atoms in total. The molecule has 0 saturated heterocycles. The summed E-state index contributed by atoms with van der Waals surface area (Å²) in [5.41, 5.74) is 10.4. The molecule has 0 saturated carbocycles. The molecule has 5 aromatic heterocycles. The zero-order valence-electron chi connectivity index (χ0n) is 29.7. The first-order valence-electron chi connectivity index (χ1n) is 18.7. The number of thiophene rings is 1. The van der Waals surface area contributed by atoms with Crippen LogP contribution < -0.4 is 0 Å². The molecule has 56 heavy (non-hydrogen) atoms. The number of hydrogen-bond acceptors (Lipinski definition) is 5. The van der Waals surface area contributed by atoms with Gasteiger partial charge in [-0.1, -0.05) is 121 Å². The molecule has 6 heteroatoms. The van der Waals surface area contributed by atoms with Crippen molar-refractivity contribution in [3.05, 3.63) is 164 Å². The SMILES string of the molecule is c1ccc(-c2ccc3oc4c(c3c2)c2ccccc2c2c3ccccc3n(-c3nc(-c5ccc6c(c5)oc5ccccc56)c5sc6ccccc6c5n3)c42)cc1. The van der Waals surface area contributed by atoms with Gasteiger partial charge in [-0.25, -0.2) is 9.97 Å². The lowest BCUT2D eigenvalue weighted by atomic mass is 9.97. The Balaban J connectivity index is 1.18. The summed E-state index contributed by atoms with van der Waals surface area (Å²) in [6, 6.07) is 57.5. The van der Waals surface area contributed by atoms with Gasteiger partial charge < -0.3 is 8.83 Å². The van der Waals surface area contributed by atoms with E-state index < -0.39 is 0 Å². The van der Waals surface area contributed by atoms with Crippen molar-refractivity contribution < 1.29 is 8.83 Å². The first-order chi connectivity index (χ1) is 27.8. The summed E-state index contributed by atoms with van der Waals surface area (Å²) < 4.78 is 17.8. The van der Waals surface area contributed by atoms with Gasteiger partial charge in [0.1, 0.15) is 22.3 Å². The molecular weight excluding hydrogens is 707 g/mol. The maximum absolute atomic E-state index is 7.00. The fourth-order valence-electron chi connectivity index (χ4n) is 8.94. The van der Waals surface area contributed by atoms with Crippen molar-refractivity contribution >= 4 is 108 Å². The van der Waals surface area contributed by atoms with E-state index in [-0.39, 0.29) is 0 Å². The van der Waals surface area contributed by atoms with Gasteiger partial charge >= 0.3 is 0 Å². The Bertz CT molecular complexity index is 3770. The van der Waals surface area contributed by atoms with Gasteiger partial charge in [0.05, 0.1) is 21.4 Å². The van der Waals surface area contributed by atoms with Gasteiger partial charge in [0.2, 0.25) is 5.95 Å². The molecule has 0 bridgehead atoms. The molecule has 0 amide bonds. The highest BCUT2D eigenvalue weighted by Gasteiger charge is 2.26.